The van der Waals surface area contributed by atoms with Crippen molar-refractivity contribution in [2.24, 2.45) is 0 Å². The highest BCUT2D eigenvalue weighted by atomic mass is 16.6. The lowest BCUT2D eigenvalue weighted by molar-refractivity contribution is -0.384. The molecule has 0 unspecified atom stereocenters. The molecule has 3 aromatic carbocycles. The Morgan fingerprint density at radius 2 is 1.73 bits per heavy atom. The van der Waals surface area contributed by atoms with Crippen LogP contribution in [-0.4, -0.2) is 34.8 Å². The van der Waals surface area contributed by atoms with Crippen LogP contribution in [0.1, 0.15) is 36.8 Å². The molecule has 0 bridgehead atoms. The van der Waals surface area contributed by atoms with Gasteiger partial charge in [0.15, 0.2) is 17.2 Å². The van der Waals surface area contributed by atoms with Crippen molar-refractivity contribution in [2.75, 3.05) is 12.4 Å². The molecule has 1 amide bonds. The molecule has 4 rings (SSSR count). The molecule has 0 aliphatic rings. The van der Waals surface area contributed by atoms with Gasteiger partial charge in [0.2, 0.25) is 0 Å². The Hall–Kier alpha value is -5.38. The number of carbonyl (C=O) groups excluding carboxylic acids is 3. The van der Waals surface area contributed by atoms with E-state index in [2.05, 4.69) is 15.2 Å². The number of ether oxygens (including phenoxy) is 1. The van der Waals surface area contributed by atoms with Gasteiger partial charge in [-0.25, -0.2) is 4.79 Å². The molecule has 10 heteroatoms. The fourth-order valence-electron chi connectivity index (χ4n) is 3.35. The van der Waals surface area contributed by atoms with E-state index in [0.29, 0.717) is 28.1 Å². The van der Waals surface area contributed by atoms with Gasteiger partial charge in [0.05, 0.1) is 12.0 Å². The summed E-state index contributed by atoms with van der Waals surface area (Å²) in [6.45, 7) is 0. The number of hydrogen-bond donors (Lipinski definition) is 1. The molecule has 1 aromatic heterocycles. The Morgan fingerprint density at radius 1 is 0.973 bits per heavy atom. The highest BCUT2D eigenvalue weighted by Gasteiger charge is 2.15. The summed E-state index contributed by atoms with van der Waals surface area (Å²) in [5, 5.41) is 17.4. The molecule has 0 aliphatic heterocycles. The van der Waals surface area contributed by atoms with Gasteiger partial charge in [0.25, 0.3) is 11.6 Å². The number of allylic oxidation sites excluding steroid dienone is 1. The number of methoxy groups -OCH3 is 1. The molecule has 1 heterocycles. The van der Waals surface area contributed by atoms with Crippen molar-refractivity contribution < 1.29 is 28.6 Å². The van der Waals surface area contributed by atoms with Crippen molar-refractivity contribution in [3.05, 3.63) is 117 Å². The number of aromatic nitrogens is 1. The molecule has 0 aliphatic carbocycles. The zero-order valence-electron chi connectivity index (χ0n) is 19.4. The van der Waals surface area contributed by atoms with E-state index in [-0.39, 0.29) is 28.6 Å². The molecule has 0 fully saturated rings. The number of rotatable bonds is 8. The quantitative estimate of drug-likeness (QED) is 0.115. The van der Waals surface area contributed by atoms with Crippen molar-refractivity contribution >= 4 is 35.1 Å². The third-order valence-corrected chi connectivity index (χ3v) is 5.25. The molecular formula is C27H19N3O7. The molecule has 37 heavy (non-hydrogen) atoms. The SMILES string of the molecule is COC(=O)c1cc(-c2cccc(NC(=O)c3ccc(/C=C/C(=O)c4cccc([N+](=O)[O-])c4)cc3)c2)on1. The van der Waals surface area contributed by atoms with Gasteiger partial charge in [0, 0.05) is 40.6 Å². The minimum absolute atomic E-state index is 0.0351. The summed E-state index contributed by atoms with van der Waals surface area (Å²) < 4.78 is 9.81. The second-order valence-corrected chi connectivity index (χ2v) is 7.73. The predicted molar refractivity (Wildman–Crippen MR) is 134 cm³/mol. The number of anilines is 1. The number of nitrogens with one attached hydrogen (secondary N) is 1. The van der Waals surface area contributed by atoms with Crippen LogP contribution < -0.4 is 5.32 Å². The summed E-state index contributed by atoms with van der Waals surface area (Å²) in [6, 6.07) is 20.3. The number of nitro groups is 1. The zero-order chi connectivity index (χ0) is 26.4. The number of esters is 1. The summed E-state index contributed by atoms with van der Waals surface area (Å²) in [5.41, 5.74) is 2.25. The largest absolute Gasteiger partial charge is 0.464 e. The molecule has 0 saturated heterocycles. The van der Waals surface area contributed by atoms with Crippen LogP contribution in [0.2, 0.25) is 0 Å². The van der Waals surface area contributed by atoms with Gasteiger partial charge >= 0.3 is 5.97 Å². The number of nitrogens with zero attached hydrogens (tertiary/aromatic N) is 2. The van der Waals surface area contributed by atoms with Gasteiger partial charge < -0.3 is 14.6 Å². The third-order valence-electron chi connectivity index (χ3n) is 5.25. The lowest BCUT2D eigenvalue weighted by Crippen LogP contribution is -2.11. The van der Waals surface area contributed by atoms with E-state index in [9.17, 15) is 24.5 Å². The van der Waals surface area contributed by atoms with Gasteiger partial charge in [-0.1, -0.05) is 47.6 Å². The van der Waals surface area contributed by atoms with Crippen LogP contribution >= 0.6 is 0 Å². The van der Waals surface area contributed by atoms with E-state index in [1.54, 1.807) is 54.6 Å². The second-order valence-electron chi connectivity index (χ2n) is 7.73. The maximum absolute atomic E-state index is 12.7. The van der Waals surface area contributed by atoms with E-state index in [1.165, 1.54) is 43.5 Å². The lowest BCUT2D eigenvalue weighted by Gasteiger charge is -2.07. The fourth-order valence-corrected chi connectivity index (χ4v) is 3.35. The Kier molecular flexibility index (Phi) is 7.29. The lowest BCUT2D eigenvalue weighted by atomic mass is 10.1. The Labute approximate surface area is 210 Å². The number of non-ortho nitro benzene ring substituents is 1. The van der Waals surface area contributed by atoms with Crippen LogP contribution in [0, 0.1) is 10.1 Å². The molecule has 1 N–H and O–H groups in total. The Balaban J connectivity index is 1.41. The standard InChI is InChI=1S/C27H19N3O7/c1-36-27(33)23-16-25(37-29-23)20-5-2-6-21(14-20)28-26(32)18-11-8-17(9-12-18)10-13-24(31)19-4-3-7-22(15-19)30(34)35/h2-16H,1H3,(H,28,32)/b13-10+. The van der Waals surface area contributed by atoms with Crippen molar-refractivity contribution in [2.45, 2.75) is 0 Å². The van der Waals surface area contributed by atoms with Crippen LogP contribution in [0.3, 0.4) is 0 Å². The van der Waals surface area contributed by atoms with Crippen LogP contribution in [0.5, 0.6) is 0 Å². The molecule has 4 aromatic rings. The summed E-state index contributed by atoms with van der Waals surface area (Å²) in [6.07, 6.45) is 2.88. The van der Waals surface area contributed by atoms with Gasteiger partial charge in [-0.15, -0.1) is 0 Å². The van der Waals surface area contributed by atoms with Crippen LogP contribution in [-0.2, 0) is 4.74 Å². The van der Waals surface area contributed by atoms with Crippen molar-refractivity contribution in [1.82, 2.24) is 5.16 Å². The first-order chi connectivity index (χ1) is 17.8. The Bertz CT molecular complexity index is 1520. The summed E-state index contributed by atoms with van der Waals surface area (Å²) >= 11 is 0. The number of carbonyl (C=O) groups is 3. The monoisotopic (exact) mass is 497 g/mol. The minimum Gasteiger partial charge on any atom is -0.464 e. The highest BCUT2D eigenvalue weighted by molar-refractivity contribution is 6.07. The molecule has 0 spiro atoms. The van der Waals surface area contributed by atoms with Gasteiger partial charge in [-0.2, -0.15) is 0 Å². The Morgan fingerprint density at radius 3 is 2.46 bits per heavy atom. The normalized spacial score (nSPS) is 10.7. The summed E-state index contributed by atoms with van der Waals surface area (Å²) in [5.74, 6) is -1.01. The maximum atomic E-state index is 12.7. The number of benzene rings is 3. The summed E-state index contributed by atoms with van der Waals surface area (Å²) in [7, 11) is 1.25. The number of hydrogen-bond acceptors (Lipinski definition) is 8. The third kappa shape index (κ3) is 6.01. The molecule has 184 valence electrons. The number of ketones is 1. The number of nitro benzene ring substituents is 1. The van der Waals surface area contributed by atoms with Gasteiger partial charge in [-0.05, 0) is 35.9 Å². The minimum atomic E-state index is -0.619. The molecule has 0 saturated carbocycles. The smallest absolute Gasteiger partial charge is 0.360 e. The molecule has 0 atom stereocenters. The first-order valence-corrected chi connectivity index (χ1v) is 10.9. The van der Waals surface area contributed by atoms with Crippen LogP contribution in [0.25, 0.3) is 17.4 Å². The molecule has 10 nitrogen and oxygen atoms in total. The van der Waals surface area contributed by atoms with Crippen molar-refractivity contribution in [1.29, 1.82) is 0 Å². The van der Waals surface area contributed by atoms with Crippen molar-refractivity contribution in [3.8, 4) is 11.3 Å². The van der Waals surface area contributed by atoms with E-state index in [0.717, 1.165) is 0 Å². The van der Waals surface area contributed by atoms with Gasteiger partial charge in [0.1, 0.15) is 0 Å². The topological polar surface area (TPSA) is 142 Å². The van der Waals surface area contributed by atoms with Gasteiger partial charge in [-0.3, -0.25) is 19.7 Å². The molecule has 0 radical (unpaired) electrons. The van der Waals surface area contributed by atoms with Crippen LogP contribution in [0.15, 0.2) is 89.5 Å². The first kappa shape index (κ1) is 24.7. The first-order valence-electron chi connectivity index (χ1n) is 10.9. The fraction of sp³-hybridized carbons (Fsp3) is 0.0370. The van der Waals surface area contributed by atoms with E-state index < -0.39 is 10.9 Å². The summed E-state index contributed by atoms with van der Waals surface area (Å²) in [4.78, 5) is 47.0. The van der Waals surface area contributed by atoms with Crippen molar-refractivity contribution in [3.63, 3.8) is 0 Å². The maximum Gasteiger partial charge on any atom is 0.360 e. The molecular weight excluding hydrogens is 478 g/mol. The van der Waals surface area contributed by atoms with E-state index >= 15 is 0 Å². The average molecular weight is 497 g/mol. The average Bonchev–Trinajstić information content (AvgIpc) is 3.42. The highest BCUT2D eigenvalue weighted by Crippen LogP contribution is 2.24. The predicted octanol–water partition coefficient (Wildman–Crippen LogP) is 5.18. The second kappa shape index (κ2) is 10.9. The van der Waals surface area contributed by atoms with E-state index in [1.807, 2.05) is 0 Å². The van der Waals surface area contributed by atoms with E-state index in [4.69, 9.17) is 4.52 Å². The number of amides is 1. The zero-order valence-corrected chi connectivity index (χ0v) is 19.4. The van der Waals surface area contributed by atoms with Crippen LogP contribution in [0.4, 0.5) is 11.4 Å².